The van der Waals surface area contributed by atoms with Crippen molar-refractivity contribution in [2.24, 2.45) is 5.92 Å². The van der Waals surface area contributed by atoms with Crippen molar-refractivity contribution in [1.29, 1.82) is 0 Å². The third-order valence-electron chi connectivity index (χ3n) is 3.46. The van der Waals surface area contributed by atoms with Gasteiger partial charge in [0.1, 0.15) is 5.60 Å². The fourth-order valence-electron chi connectivity index (χ4n) is 1.33. The zero-order valence-electron chi connectivity index (χ0n) is 9.63. The van der Waals surface area contributed by atoms with Crippen LogP contribution in [0.2, 0.25) is 0 Å². The first kappa shape index (κ1) is 11.7. The molecule has 0 aromatic heterocycles. The SMILES string of the molecule is CC(C)C(C)(O)CC(=O)C1(C)OC1C. The third kappa shape index (κ3) is 1.98. The van der Waals surface area contributed by atoms with Crippen LogP contribution < -0.4 is 0 Å². The van der Waals surface area contributed by atoms with Crippen molar-refractivity contribution in [3.63, 3.8) is 0 Å². The van der Waals surface area contributed by atoms with Crippen molar-refractivity contribution in [3.05, 3.63) is 0 Å². The molecule has 1 aliphatic heterocycles. The van der Waals surface area contributed by atoms with E-state index in [9.17, 15) is 9.90 Å². The lowest BCUT2D eigenvalue weighted by molar-refractivity contribution is -0.129. The van der Waals surface area contributed by atoms with Crippen LogP contribution in [0.3, 0.4) is 0 Å². The average Bonchev–Trinajstić information content (AvgIpc) is 2.60. The maximum atomic E-state index is 11.8. The minimum absolute atomic E-state index is 0.00189. The zero-order chi connectivity index (χ0) is 11.1. The smallest absolute Gasteiger partial charge is 0.169 e. The van der Waals surface area contributed by atoms with E-state index in [1.54, 1.807) is 13.8 Å². The molecule has 1 saturated heterocycles. The normalized spacial score (nSPS) is 35.5. The standard InChI is InChI=1S/C11H20O3/c1-7(2)10(4,13)6-9(12)11(5)8(3)14-11/h7-8,13H,6H2,1-5H3. The number of hydrogen-bond donors (Lipinski definition) is 1. The Labute approximate surface area is 85.5 Å². The Bertz CT molecular complexity index is 245. The van der Waals surface area contributed by atoms with E-state index in [1.165, 1.54) is 0 Å². The molecule has 0 aromatic carbocycles. The van der Waals surface area contributed by atoms with Crippen LogP contribution >= 0.6 is 0 Å². The molecule has 1 fully saturated rings. The van der Waals surface area contributed by atoms with Crippen LogP contribution in [0.1, 0.15) is 41.0 Å². The highest BCUT2D eigenvalue weighted by Gasteiger charge is 2.55. The topological polar surface area (TPSA) is 49.8 Å². The molecule has 0 radical (unpaired) electrons. The molecule has 1 heterocycles. The summed E-state index contributed by atoms with van der Waals surface area (Å²) in [5.41, 5.74) is -1.56. The molecule has 3 nitrogen and oxygen atoms in total. The number of hydrogen-bond acceptors (Lipinski definition) is 3. The fourth-order valence-corrected chi connectivity index (χ4v) is 1.33. The van der Waals surface area contributed by atoms with Gasteiger partial charge in [-0.05, 0) is 26.7 Å². The lowest BCUT2D eigenvalue weighted by atomic mass is 9.84. The predicted octanol–water partition coefficient (Wildman–Crippen LogP) is 1.53. The number of ketones is 1. The third-order valence-corrected chi connectivity index (χ3v) is 3.46. The number of ether oxygens (including phenoxy) is 1. The minimum atomic E-state index is -0.925. The number of aliphatic hydroxyl groups is 1. The Kier molecular flexibility index (Phi) is 2.76. The summed E-state index contributed by atoms with van der Waals surface area (Å²) in [7, 11) is 0. The molecule has 1 N–H and O–H groups in total. The van der Waals surface area contributed by atoms with E-state index in [2.05, 4.69) is 0 Å². The van der Waals surface area contributed by atoms with E-state index >= 15 is 0 Å². The molecule has 0 spiro atoms. The summed E-state index contributed by atoms with van der Waals surface area (Å²) < 4.78 is 5.23. The van der Waals surface area contributed by atoms with Gasteiger partial charge in [-0.3, -0.25) is 4.79 Å². The Morgan fingerprint density at radius 1 is 1.64 bits per heavy atom. The van der Waals surface area contributed by atoms with Gasteiger partial charge in [0.15, 0.2) is 5.78 Å². The minimum Gasteiger partial charge on any atom is -0.389 e. The van der Waals surface area contributed by atoms with E-state index in [1.807, 2.05) is 20.8 Å². The Morgan fingerprint density at radius 2 is 2.07 bits per heavy atom. The van der Waals surface area contributed by atoms with Crippen molar-refractivity contribution >= 4 is 5.78 Å². The van der Waals surface area contributed by atoms with Gasteiger partial charge in [0.2, 0.25) is 0 Å². The Morgan fingerprint density at radius 3 is 2.36 bits per heavy atom. The molecule has 0 saturated carbocycles. The van der Waals surface area contributed by atoms with Gasteiger partial charge in [-0.2, -0.15) is 0 Å². The van der Waals surface area contributed by atoms with Gasteiger partial charge in [0.05, 0.1) is 11.7 Å². The molecule has 82 valence electrons. The summed E-state index contributed by atoms with van der Waals surface area (Å²) in [5, 5.41) is 9.96. The van der Waals surface area contributed by atoms with Crippen LogP contribution in [0, 0.1) is 5.92 Å². The van der Waals surface area contributed by atoms with Gasteiger partial charge in [-0.15, -0.1) is 0 Å². The van der Waals surface area contributed by atoms with Crippen molar-refractivity contribution in [3.8, 4) is 0 Å². The summed E-state index contributed by atoms with van der Waals surface area (Å²) in [6, 6.07) is 0. The second-order valence-corrected chi connectivity index (χ2v) is 4.98. The number of rotatable bonds is 4. The fraction of sp³-hybridized carbons (Fsp3) is 0.909. The van der Waals surface area contributed by atoms with Crippen LogP contribution in [0.4, 0.5) is 0 Å². The van der Waals surface area contributed by atoms with Crippen molar-refractivity contribution in [2.75, 3.05) is 0 Å². The van der Waals surface area contributed by atoms with Gasteiger partial charge in [0.25, 0.3) is 0 Å². The first-order valence-corrected chi connectivity index (χ1v) is 5.13. The molecule has 1 rings (SSSR count). The second-order valence-electron chi connectivity index (χ2n) is 4.98. The van der Waals surface area contributed by atoms with Crippen molar-refractivity contribution < 1.29 is 14.6 Å². The van der Waals surface area contributed by atoms with Crippen LogP contribution in [-0.2, 0) is 9.53 Å². The van der Waals surface area contributed by atoms with Gasteiger partial charge < -0.3 is 9.84 Å². The van der Waals surface area contributed by atoms with E-state index < -0.39 is 11.2 Å². The van der Waals surface area contributed by atoms with Crippen molar-refractivity contribution in [1.82, 2.24) is 0 Å². The maximum absolute atomic E-state index is 11.8. The molecule has 14 heavy (non-hydrogen) atoms. The van der Waals surface area contributed by atoms with Crippen LogP contribution in [-0.4, -0.2) is 28.2 Å². The highest BCUT2D eigenvalue weighted by molar-refractivity contribution is 5.90. The lowest BCUT2D eigenvalue weighted by Gasteiger charge is -2.27. The molecule has 0 amide bonds. The molecule has 3 heteroatoms. The van der Waals surface area contributed by atoms with Crippen LogP contribution in [0.25, 0.3) is 0 Å². The monoisotopic (exact) mass is 200 g/mol. The predicted molar refractivity (Wildman–Crippen MR) is 54.0 cm³/mol. The molecule has 3 unspecified atom stereocenters. The summed E-state index contributed by atoms with van der Waals surface area (Å²) in [6.45, 7) is 9.18. The Balaban J connectivity index is 2.58. The quantitative estimate of drug-likeness (QED) is 0.700. The number of carbonyl (C=O) groups excluding carboxylic acids is 1. The largest absolute Gasteiger partial charge is 0.389 e. The summed E-state index contributed by atoms with van der Waals surface area (Å²) in [6.07, 6.45) is 0.170. The first-order chi connectivity index (χ1) is 6.20. The molecule has 0 aliphatic carbocycles. The number of epoxide rings is 1. The van der Waals surface area contributed by atoms with E-state index in [4.69, 9.17) is 4.74 Å². The van der Waals surface area contributed by atoms with E-state index in [-0.39, 0.29) is 24.2 Å². The molecule has 0 bridgehead atoms. The summed E-state index contributed by atoms with van der Waals surface area (Å²) in [5.74, 6) is 0.0767. The highest BCUT2D eigenvalue weighted by Crippen LogP contribution is 2.39. The van der Waals surface area contributed by atoms with E-state index in [0.29, 0.717) is 0 Å². The first-order valence-electron chi connectivity index (χ1n) is 5.13. The van der Waals surface area contributed by atoms with Crippen molar-refractivity contribution in [2.45, 2.75) is 58.3 Å². The zero-order valence-corrected chi connectivity index (χ0v) is 9.63. The highest BCUT2D eigenvalue weighted by atomic mass is 16.6. The lowest BCUT2D eigenvalue weighted by Crippen LogP contribution is -2.38. The number of carbonyl (C=O) groups is 1. The molecule has 1 aliphatic rings. The number of Topliss-reactive ketones (excluding diaryl/α,β-unsaturated/α-hetero) is 1. The summed E-state index contributed by atoms with van der Waals surface area (Å²) in [4.78, 5) is 11.8. The molecular weight excluding hydrogens is 180 g/mol. The van der Waals surface area contributed by atoms with Crippen LogP contribution in [0.5, 0.6) is 0 Å². The van der Waals surface area contributed by atoms with Gasteiger partial charge >= 0.3 is 0 Å². The maximum Gasteiger partial charge on any atom is 0.169 e. The molecule has 0 aromatic rings. The second kappa shape index (κ2) is 3.31. The molecular formula is C11H20O3. The van der Waals surface area contributed by atoms with Gasteiger partial charge in [-0.25, -0.2) is 0 Å². The van der Waals surface area contributed by atoms with Gasteiger partial charge in [-0.1, -0.05) is 13.8 Å². The van der Waals surface area contributed by atoms with E-state index in [0.717, 1.165) is 0 Å². The van der Waals surface area contributed by atoms with Gasteiger partial charge in [0, 0.05) is 6.42 Å². The summed E-state index contributed by atoms with van der Waals surface area (Å²) >= 11 is 0. The average molecular weight is 200 g/mol. The molecule has 3 atom stereocenters. The van der Waals surface area contributed by atoms with Crippen LogP contribution in [0.15, 0.2) is 0 Å². The Hall–Kier alpha value is -0.410.